The number of esters is 1. The van der Waals surface area contributed by atoms with Crippen molar-refractivity contribution in [2.24, 2.45) is 0 Å². The monoisotopic (exact) mass is 500 g/mol. The molecule has 0 radical (unpaired) electrons. The molecule has 1 unspecified atom stereocenters. The summed E-state index contributed by atoms with van der Waals surface area (Å²) in [6.45, 7) is 0.684. The third kappa shape index (κ3) is 4.52. The molecule has 184 valence electrons. The van der Waals surface area contributed by atoms with Crippen molar-refractivity contribution >= 4 is 30.5 Å². The predicted molar refractivity (Wildman–Crippen MR) is 110 cm³/mol. The number of carbonyl (C=O) groups is 1. The number of anilines is 1. The van der Waals surface area contributed by atoms with Gasteiger partial charge in [0, 0.05) is 0 Å². The fourth-order valence-electron chi connectivity index (χ4n) is 3.35. The van der Waals surface area contributed by atoms with Crippen LogP contribution < -0.4 is 5.73 Å². The molecule has 6 N–H and O–H groups in total. The Bertz CT molecular complexity index is 1210. The second-order valence-electron chi connectivity index (χ2n) is 7.17. The molecular formula is C17H21N6O10P. The fourth-order valence-corrected chi connectivity index (χ4v) is 3.98. The molecular weight excluding hydrogens is 479 g/mol. The predicted octanol–water partition coefficient (Wildman–Crippen LogP) is -1.23. The number of hydrogen-bond acceptors (Lipinski definition) is 13. The molecule has 0 amide bonds. The summed E-state index contributed by atoms with van der Waals surface area (Å²) in [7, 11) is -5.04. The van der Waals surface area contributed by atoms with Crippen LogP contribution in [-0.2, 0) is 23.6 Å². The molecule has 3 aromatic heterocycles. The number of aliphatic hydroxyl groups is 2. The van der Waals surface area contributed by atoms with Gasteiger partial charge in [-0.2, -0.15) is 0 Å². The number of hydrogen-bond donors (Lipinski definition) is 5. The van der Waals surface area contributed by atoms with E-state index in [1.165, 1.54) is 30.3 Å². The Morgan fingerprint density at radius 2 is 2.06 bits per heavy atom. The first-order valence-corrected chi connectivity index (χ1v) is 11.5. The molecule has 1 aliphatic heterocycles. The maximum Gasteiger partial charge on any atom is 0.365 e. The van der Waals surface area contributed by atoms with Gasteiger partial charge in [-0.05, 0) is 6.92 Å². The zero-order chi connectivity index (χ0) is 24.6. The maximum atomic E-state index is 11.9. The Morgan fingerprint density at radius 1 is 1.29 bits per heavy atom. The van der Waals surface area contributed by atoms with Gasteiger partial charge in [0.15, 0.2) is 17.7 Å². The number of rotatable bonds is 8. The van der Waals surface area contributed by atoms with Crippen LogP contribution in [0.1, 0.15) is 13.2 Å². The number of oxazole rings is 1. The van der Waals surface area contributed by atoms with Crippen LogP contribution in [0.3, 0.4) is 0 Å². The van der Waals surface area contributed by atoms with Crippen LogP contribution in [0.25, 0.3) is 22.9 Å². The van der Waals surface area contributed by atoms with Gasteiger partial charge in [-0.25, -0.2) is 24.7 Å². The van der Waals surface area contributed by atoms with Crippen molar-refractivity contribution in [3.05, 3.63) is 18.8 Å². The third-order valence-corrected chi connectivity index (χ3v) is 5.87. The highest BCUT2D eigenvalue weighted by Crippen LogP contribution is 2.43. The van der Waals surface area contributed by atoms with Crippen LogP contribution in [0.2, 0.25) is 0 Å². The minimum absolute atomic E-state index is 0.00351. The number of nitrogen functional groups attached to an aromatic ring is 1. The van der Waals surface area contributed by atoms with Crippen molar-refractivity contribution in [1.82, 2.24) is 24.5 Å². The Labute approximate surface area is 190 Å². The normalized spacial score (nSPS) is 23.9. The van der Waals surface area contributed by atoms with Crippen molar-refractivity contribution in [2.45, 2.75) is 37.3 Å². The Hall–Kier alpha value is -2.98. The minimum Gasteiger partial charge on any atom is -0.464 e. The molecule has 0 aliphatic carbocycles. The van der Waals surface area contributed by atoms with E-state index in [2.05, 4.69) is 24.7 Å². The van der Waals surface area contributed by atoms with Gasteiger partial charge in [-0.15, -0.1) is 0 Å². The van der Waals surface area contributed by atoms with Crippen LogP contribution in [0, 0.1) is 0 Å². The molecule has 0 aromatic carbocycles. The van der Waals surface area contributed by atoms with Gasteiger partial charge in [0.05, 0.1) is 25.7 Å². The lowest BCUT2D eigenvalue weighted by Gasteiger charge is -2.20. The van der Waals surface area contributed by atoms with E-state index in [1.807, 2.05) is 0 Å². The molecule has 5 atom stereocenters. The largest absolute Gasteiger partial charge is 0.464 e. The van der Waals surface area contributed by atoms with Crippen LogP contribution in [0.4, 0.5) is 5.82 Å². The molecule has 0 saturated carbocycles. The lowest BCUT2D eigenvalue weighted by molar-refractivity contribution is -0.155. The molecule has 3 aromatic rings. The van der Waals surface area contributed by atoms with Crippen molar-refractivity contribution in [1.29, 1.82) is 0 Å². The Morgan fingerprint density at radius 3 is 2.71 bits per heavy atom. The zero-order valence-corrected chi connectivity index (χ0v) is 18.4. The van der Waals surface area contributed by atoms with E-state index in [4.69, 9.17) is 19.6 Å². The van der Waals surface area contributed by atoms with Crippen molar-refractivity contribution in [2.75, 3.05) is 18.9 Å². The highest BCUT2D eigenvalue weighted by molar-refractivity contribution is 7.53. The maximum absolute atomic E-state index is 11.9. The summed E-state index contributed by atoms with van der Waals surface area (Å²) in [4.78, 5) is 47.1. The molecule has 16 nitrogen and oxygen atoms in total. The highest BCUT2D eigenvalue weighted by Gasteiger charge is 2.46. The van der Waals surface area contributed by atoms with Gasteiger partial charge in [0.2, 0.25) is 5.82 Å². The van der Waals surface area contributed by atoms with E-state index < -0.39 is 50.6 Å². The van der Waals surface area contributed by atoms with Crippen LogP contribution in [0.15, 0.2) is 23.2 Å². The number of nitrogens with zero attached hydrogens (tertiary/aromatic N) is 5. The molecule has 34 heavy (non-hydrogen) atoms. The summed E-state index contributed by atoms with van der Waals surface area (Å²) in [6, 6.07) is 0. The van der Waals surface area contributed by atoms with Crippen LogP contribution in [-0.4, -0.2) is 87.8 Å². The topological polar surface area (TPSA) is 238 Å². The van der Waals surface area contributed by atoms with Crippen LogP contribution >= 0.6 is 7.60 Å². The molecule has 17 heteroatoms. The SMILES string of the molecule is CCOC(=O)C(OC[C@H]1O[C@@H](n2cnc3c(N)nc(-c4ncco4)nc32)[C@H](O)[C@@H]1O)P(=O)(O)O. The van der Waals surface area contributed by atoms with E-state index in [1.54, 1.807) is 0 Å². The quantitative estimate of drug-likeness (QED) is 0.180. The van der Waals surface area contributed by atoms with E-state index in [0.29, 0.717) is 0 Å². The average molecular weight is 500 g/mol. The third-order valence-electron chi connectivity index (χ3n) is 4.90. The first-order chi connectivity index (χ1) is 16.1. The van der Waals surface area contributed by atoms with Gasteiger partial charge in [-0.3, -0.25) is 9.13 Å². The van der Waals surface area contributed by atoms with E-state index in [0.717, 1.165) is 0 Å². The molecule has 4 rings (SSSR count). The number of carbonyl (C=O) groups excluding carboxylic acids is 1. The van der Waals surface area contributed by atoms with E-state index in [9.17, 15) is 29.4 Å². The molecule has 0 spiro atoms. The first-order valence-electron chi connectivity index (χ1n) is 9.86. The minimum atomic E-state index is -5.04. The molecule has 1 aliphatic rings. The van der Waals surface area contributed by atoms with Gasteiger partial charge < -0.3 is 44.4 Å². The fraction of sp³-hybridized carbons (Fsp3) is 0.471. The summed E-state index contributed by atoms with van der Waals surface area (Å²) in [5.74, 6) is -3.35. The number of ether oxygens (including phenoxy) is 3. The summed E-state index contributed by atoms with van der Waals surface area (Å²) in [6.07, 6.45) is -1.61. The molecule has 1 fully saturated rings. The Kier molecular flexibility index (Phi) is 6.64. The average Bonchev–Trinajstić information content (AvgIpc) is 3.49. The number of aliphatic hydroxyl groups excluding tert-OH is 2. The summed E-state index contributed by atoms with van der Waals surface area (Å²) in [5, 5.41) is 21.0. The van der Waals surface area contributed by atoms with Crippen molar-refractivity contribution in [3.8, 4) is 11.7 Å². The van der Waals surface area contributed by atoms with Crippen molar-refractivity contribution < 1.29 is 48.0 Å². The number of fused-ring (bicyclic) bond motifs is 1. The van der Waals surface area contributed by atoms with Crippen LogP contribution in [0.5, 0.6) is 0 Å². The molecule has 4 heterocycles. The first kappa shape index (κ1) is 24.2. The van der Waals surface area contributed by atoms with Gasteiger partial charge in [-0.1, -0.05) is 0 Å². The van der Waals surface area contributed by atoms with Crippen molar-refractivity contribution in [3.63, 3.8) is 0 Å². The Balaban J connectivity index is 1.57. The van der Waals surface area contributed by atoms with Gasteiger partial charge in [0.25, 0.3) is 11.7 Å². The number of imidazole rings is 1. The zero-order valence-electron chi connectivity index (χ0n) is 17.5. The highest BCUT2D eigenvalue weighted by atomic mass is 31.2. The van der Waals surface area contributed by atoms with E-state index in [-0.39, 0.29) is 35.3 Å². The van der Waals surface area contributed by atoms with E-state index >= 15 is 0 Å². The number of aromatic nitrogens is 5. The summed E-state index contributed by atoms with van der Waals surface area (Å²) in [5.41, 5.74) is 6.27. The van der Waals surface area contributed by atoms with Gasteiger partial charge in [0.1, 0.15) is 30.1 Å². The summed E-state index contributed by atoms with van der Waals surface area (Å²) < 4.78 is 33.4. The second kappa shape index (κ2) is 9.34. The molecule has 0 bridgehead atoms. The smallest absolute Gasteiger partial charge is 0.365 e. The summed E-state index contributed by atoms with van der Waals surface area (Å²) >= 11 is 0. The standard InChI is InChI=1S/C17H21N6O10P/c1-2-30-16(26)17(34(27,28)29)32-5-7-9(24)10(25)15(33-7)23-6-20-8-11(18)21-12(22-13(8)23)14-19-3-4-31-14/h3-4,6-7,9-10,15,17,24-25H,2,5H2,1H3,(H2,18,21,22)(H2,27,28,29)/t7-,9-,10-,15-,17?/m1/s1. The molecule has 1 saturated heterocycles. The number of nitrogens with two attached hydrogens (primary N) is 1. The van der Waals surface area contributed by atoms with Gasteiger partial charge >= 0.3 is 13.6 Å². The lowest BCUT2D eigenvalue weighted by Crippen LogP contribution is -2.36. The second-order valence-corrected chi connectivity index (χ2v) is 8.81. The lowest BCUT2D eigenvalue weighted by atomic mass is 10.1.